The number of terminal acetylenes is 1. The van der Waals surface area contributed by atoms with Crippen molar-refractivity contribution in [1.29, 1.82) is 0 Å². The summed E-state index contributed by atoms with van der Waals surface area (Å²) < 4.78 is 29.5. The van der Waals surface area contributed by atoms with Crippen LogP contribution >= 0.6 is 7.60 Å². The quantitative estimate of drug-likeness (QED) is 0.410. The average Bonchev–Trinajstić information content (AvgIpc) is 2.25. The molecule has 0 aliphatic carbocycles. The van der Waals surface area contributed by atoms with Crippen molar-refractivity contribution >= 4 is 13.8 Å². The Morgan fingerprint density at radius 2 is 2.00 bits per heavy atom. The van der Waals surface area contributed by atoms with Gasteiger partial charge in [0.2, 0.25) is 0 Å². The molecule has 1 unspecified atom stereocenters. The van der Waals surface area contributed by atoms with Crippen molar-refractivity contribution in [1.82, 2.24) is 0 Å². The molecular formula is C8H13O6P. The Labute approximate surface area is 88.4 Å². The van der Waals surface area contributed by atoms with Crippen LogP contribution in [-0.2, 0) is 23.1 Å². The lowest BCUT2D eigenvalue weighted by Crippen LogP contribution is -2.15. The SMILES string of the molecule is C#CC(C)OC(=O)OCP(=O)(OC)OC. The Balaban J connectivity index is 4.01. The molecule has 0 aromatic carbocycles. The van der Waals surface area contributed by atoms with Crippen molar-refractivity contribution in [2.75, 3.05) is 20.6 Å². The van der Waals surface area contributed by atoms with Crippen molar-refractivity contribution in [2.45, 2.75) is 13.0 Å². The van der Waals surface area contributed by atoms with E-state index < -0.39 is 26.2 Å². The number of carbonyl (C=O) groups is 1. The lowest BCUT2D eigenvalue weighted by atomic mass is 10.4. The summed E-state index contributed by atoms with van der Waals surface area (Å²) in [4.78, 5) is 10.9. The van der Waals surface area contributed by atoms with E-state index in [1.807, 2.05) is 0 Å². The minimum absolute atomic E-state index is 0.518. The van der Waals surface area contributed by atoms with E-state index in [2.05, 4.69) is 24.4 Å². The summed E-state index contributed by atoms with van der Waals surface area (Å²) in [5, 5.41) is 0. The summed E-state index contributed by atoms with van der Waals surface area (Å²) in [6.45, 7) is 1.49. The van der Waals surface area contributed by atoms with Gasteiger partial charge in [-0.1, -0.05) is 5.92 Å². The number of hydrogen-bond donors (Lipinski definition) is 0. The van der Waals surface area contributed by atoms with Gasteiger partial charge in [0.25, 0.3) is 0 Å². The van der Waals surface area contributed by atoms with Crippen LogP contribution in [0.2, 0.25) is 0 Å². The largest absolute Gasteiger partial charge is 0.510 e. The first-order chi connectivity index (χ1) is 6.97. The van der Waals surface area contributed by atoms with Gasteiger partial charge in [0.1, 0.15) is 0 Å². The topological polar surface area (TPSA) is 71.1 Å². The van der Waals surface area contributed by atoms with Crippen LogP contribution in [0.5, 0.6) is 0 Å². The van der Waals surface area contributed by atoms with Crippen molar-refractivity contribution in [3.05, 3.63) is 0 Å². The number of ether oxygens (including phenoxy) is 2. The summed E-state index contributed by atoms with van der Waals surface area (Å²) in [6, 6.07) is 0. The van der Waals surface area contributed by atoms with Crippen molar-refractivity contribution in [3.63, 3.8) is 0 Å². The molecule has 0 fully saturated rings. The summed E-state index contributed by atoms with van der Waals surface area (Å²) in [5.74, 6) is 2.17. The first kappa shape index (κ1) is 14.0. The maximum absolute atomic E-state index is 11.4. The zero-order valence-corrected chi connectivity index (χ0v) is 9.65. The van der Waals surface area contributed by atoms with Crippen molar-refractivity contribution in [2.24, 2.45) is 0 Å². The van der Waals surface area contributed by atoms with E-state index in [0.717, 1.165) is 0 Å². The van der Waals surface area contributed by atoms with Gasteiger partial charge in [-0.2, -0.15) is 0 Å². The lowest BCUT2D eigenvalue weighted by molar-refractivity contribution is 0.0505. The number of rotatable bonds is 5. The molecule has 15 heavy (non-hydrogen) atoms. The molecule has 0 saturated carbocycles. The molecule has 0 N–H and O–H groups in total. The molecule has 0 aliphatic rings. The second-order valence-corrected chi connectivity index (χ2v) is 4.64. The molecule has 0 amide bonds. The summed E-state index contributed by atoms with van der Waals surface area (Å²) in [7, 11) is -0.994. The molecule has 6 nitrogen and oxygen atoms in total. The van der Waals surface area contributed by atoms with E-state index in [4.69, 9.17) is 6.42 Å². The van der Waals surface area contributed by atoms with Crippen LogP contribution in [0.4, 0.5) is 4.79 Å². The first-order valence-electron chi connectivity index (χ1n) is 3.97. The predicted octanol–water partition coefficient (Wildman–Crippen LogP) is 1.60. The van der Waals surface area contributed by atoms with Gasteiger partial charge < -0.3 is 18.5 Å². The molecule has 0 aromatic heterocycles. The Kier molecular flexibility index (Phi) is 6.02. The van der Waals surface area contributed by atoms with Gasteiger partial charge in [-0.05, 0) is 6.92 Å². The zero-order valence-electron chi connectivity index (χ0n) is 8.76. The third-order valence-corrected chi connectivity index (χ3v) is 2.96. The minimum Gasteiger partial charge on any atom is -0.421 e. The van der Waals surface area contributed by atoms with Crippen LogP contribution < -0.4 is 0 Å². The predicted molar refractivity (Wildman–Crippen MR) is 52.4 cm³/mol. The highest BCUT2D eigenvalue weighted by Crippen LogP contribution is 2.46. The molecule has 0 spiro atoms. The van der Waals surface area contributed by atoms with Crippen LogP contribution in [-0.4, -0.2) is 32.8 Å². The van der Waals surface area contributed by atoms with Gasteiger partial charge in [-0.3, -0.25) is 4.57 Å². The standard InChI is InChI=1S/C8H13O6P/c1-5-7(2)14-8(9)13-6-15(10,11-3)12-4/h1,7H,6H2,2-4H3. The Bertz CT molecular complexity index is 286. The van der Waals surface area contributed by atoms with Crippen LogP contribution in [0.25, 0.3) is 0 Å². The molecule has 86 valence electrons. The fourth-order valence-electron chi connectivity index (χ4n) is 0.524. The Hall–Kier alpha value is -1.02. The monoisotopic (exact) mass is 236 g/mol. The van der Waals surface area contributed by atoms with Crippen LogP contribution in [0, 0.1) is 12.3 Å². The van der Waals surface area contributed by atoms with Gasteiger partial charge in [0.05, 0.1) is 0 Å². The zero-order chi connectivity index (χ0) is 11.9. The highest BCUT2D eigenvalue weighted by atomic mass is 31.2. The van der Waals surface area contributed by atoms with Crippen LogP contribution in [0.3, 0.4) is 0 Å². The maximum atomic E-state index is 11.4. The number of hydrogen-bond acceptors (Lipinski definition) is 6. The van der Waals surface area contributed by atoms with E-state index >= 15 is 0 Å². The molecule has 0 rings (SSSR count). The van der Waals surface area contributed by atoms with Crippen molar-refractivity contribution in [3.8, 4) is 12.3 Å². The molecule has 0 bridgehead atoms. The fourth-order valence-corrected chi connectivity index (χ4v) is 1.15. The molecule has 0 aromatic rings. The third kappa shape index (κ3) is 5.43. The molecule has 7 heteroatoms. The number of carbonyl (C=O) groups excluding carboxylic acids is 1. The Morgan fingerprint density at radius 3 is 2.40 bits per heavy atom. The molecule has 0 radical (unpaired) electrons. The van der Waals surface area contributed by atoms with Crippen molar-refractivity contribution < 1.29 is 27.9 Å². The second-order valence-electron chi connectivity index (χ2n) is 2.43. The van der Waals surface area contributed by atoms with Crippen LogP contribution in [0.15, 0.2) is 0 Å². The smallest absolute Gasteiger partial charge is 0.421 e. The first-order valence-corrected chi connectivity index (χ1v) is 5.70. The van der Waals surface area contributed by atoms with Gasteiger partial charge in [0, 0.05) is 14.2 Å². The van der Waals surface area contributed by atoms with Crippen LogP contribution in [0.1, 0.15) is 6.92 Å². The molecule has 0 aliphatic heterocycles. The van der Waals surface area contributed by atoms with E-state index in [1.165, 1.54) is 21.1 Å². The molecule has 0 saturated heterocycles. The summed E-state index contributed by atoms with van der Waals surface area (Å²) >= 11 is 0. The van der Waals surface area contributed by atoms with E-state index in [0.29, 0.717) is 0 Å². The van der Waals surface area contributed by atoms with E-state index in [1.54, 1.807) is 0 Å². The lowest BCUT2D eigenvalue weighted by Gasteiger charge is -2.13. The van der Waals surface area contributed by atoms with Gasteiger partial charge >= 0.3 is 13.8 Å². The Morgan fingerprint density at radius 1 is 1.47 bits per heavy atom. The summed E-state index contributed by atoms with van der Waals surface area (Å²) in [6.07, 6.45) is 2.72. The third-order valence-electron chi connectivity index (χ3n) is 1.40. The normalized spacial score (nSPS) is 12.7. The highest BCUT2D eigenvalue weighted by Gasteiger charge is 2.24. The van der Waals surface area contributed by atoms with Gasteiger partial charge in [-0.25, -0.2) is 4.79 Å². The van der Waals surface area contributed by atoms with Gasteiger partial charge in [0.15, 0.2) is 12.5 Å². The highest BCUT2D eigenvalue weighted by molar-refractivity contribution is 7.53. The summed E-state index contributed by atoms with van der Waals surface area (Å²) in [5.41, 5.74) is 0. The van der Waals surface area contributed by atoms with Gasteiger partial charge in [-0.15, -0.1) is 6.42 Å². The molecule has 1 atom stereocenters. The fraction of sp³-hybridized carbons (Fsp3) is 0.625. The van der Waals surface area contributed by atoms with E-state index in [9.17, 15) is 9.36 Å². The maximum Gasteiger partial charge on any atom is 0.510 e. The molecular weight excluding hydrogens is 223 g/mol. The second kappa shape index (κ2) is 6.46. The molecule has 0 heterocycles. The average molecular weight is 236 g/mol. The minimum atomic E-state index is -3.36. The van der Waals surface area contributed by atoms with E-state index in [-0.39, 0.29) is 0 Å².